The third-order valence-electron chi connectivity index (χ3n) is 10.5. The summed E-state index contributed by atoms with van der Waals surface area (Å²) in [4.78, 5) is 25.4. The number of hydroxylamine groups is 2. The molecule has 1 saturated heterocycles. The number of guanidine groups is 1. The lowest BCUT2D eigenvalue weighted by atomic mass is 9.45. The number of anilines is 1. The van der Waals surface area contributed by atoms with Crippen LogP contribution in [0.1, 0.15) is 46.1 Å². The number of nitrogens with one attached hydrogen (secondary N) is 1. The molecule has 9 nitrogen and oxygen atoms in total. The molecule has 43 heavy (non-hydrogen) atoms. The maximum atomic E-state index is 14.4. The average molecular weight is 591 g/mol. The summed E-state index contributed by atoms with van der Waals surface area (Å²) < 4.78 is 21.0. The monoisotopic (exact) mass is 590 g/mol. The van der Waals surface area contributed by atoms with Gasteiger partial charge in [0.1, 0.15) is 11.6 Å². The molecule has 1 unspecified atom stereocenters. The summed E-state index contributed by atoms with van der Waals surface area (Å²) in [7, 11) is 1.50. The van der Waals surface area contributed by atoms with E-state index in [1.54, 1.807) is 18.2 Å². The molecule has 2 aromatic carbocycles. The first-order valence-corrected chi connectivity index (χ1v) is 15.4. The van der Waals surface area contributed by atoms with Crippen molar-refractivity contribution in [1.82, 2.24) is 19.5 Å². The molecule has 3 aliphatic carbocycles. The standard InChI is InChI=1S/C33H43FN6O3/c1-20-18-38(12-13-40(20)42)32(37-29-15-23-14-27(21(29)2)33(23,3)4)36-24-7-9-26-30(16-24)35-19-39(31(26)41)11-10-22-6-8-25(43-5)17-28(22)34/h6-9,16-17,19-21,23,27,29,42H,10-15,18H2,1-5H3,(H,36,37)/t20-,21-,23+,27+,29?/m0/s1. The zero-order chi connectivity index (χ0) is 30.5. The van der Waals surface area contributed by atoms with E-state index in [0.29, 0.717) is 78.0 Å². The normalized spacial score (nSPS) is 27.2. The van der Waals surface area contributed by atoms with Gasteiger partial charge in [-0.2, -0.15) is 5.06 Å². The van der Waals surface area contributed by atoms with Crippen molar-refractivity contribution < 1.29 is 14.3 Å². The molecule has 2 N–H and O–H groups in total. The van der Waals surface area contributed by atoms with Crippen LogP contribution in [0.3, 0.4) is 0 Å². The van der Waals surface area contributed by atoms with Gasteiger partial charge in [-0.05, 0) is 79.2 Å². The van der Waals surface area contributed by atoms with Gasteiger partial charge in [0, 0.05) is 44.0 Å². The van der Waals surface area contributed by atoms with Crippen LogP contribution in [0.15, 0.2) is 52.5 Å². The maximum absolute atomic E-state index is 14.4. The van der Waals surface area contributed by atoms with Gasteiger partial charge in [-0.25, -0.2) is 14.4 Å². The van der Waals surface area contributed by atoms with Crippen LogP contribution in [-0.2, 0) is 13.0 Å². The van der Waals surface area contributed by atoms with Crippen molar-refractivity contribution >= 4 is 22.5 Å². The molecule has 5 atom stereocenters. The Morgan fingerprint density at radius 1 is 1.19 bits per heavy atom. The number of nitrogens with zero attached hydrogens (tertiary/aromatic N) is 5. The van der Waals surface area contributed by atoms with E-state index in [2.05, 4.69) is 36.0 Å². The summed E-state index contributed by atoms with van der Waals surface area (Å²) in [6.07, 6.45) is 4.28. The van der Waals surface area contributed by atoms with E-state index >= 15 is 0 Å². The van der Waals surface area contributed by atoms with E-state index in [9.17, 15) is 14.4 Å². The van der Waals surface area contributed by atoms with Crippen LogP contribution in [0, 0.1) is 29.0 Å². The van der Waals surface area contributed by atoms with Crippen LogP contribution in [0.4, 0.5) is 10.1 Å². The Morgan fingerprint density at radius 3 is 2.70 bits per heavy atom. The van der Waals surface area contributed by atoms with Gasteiger partial charge in [0.05, 0.1) is 30.4 Å². The first kappa shape index (κ1) is 29.6. The minimum Gasteiger partial charge on any atom is -0.497 e. The number of ether oxygens (including phenoxy) is 1. The third kappa shape index (κ3) is 5.62. The van der Waals surface area contributed by atoms with Crippen molar-refractivity contribution in [3.63, 3.8) is 0 Å². The van der Waals surface area contributed by atoms with Crippen LogP contribution >= 0.6 is 0 Å². The molecule has 3 saturated carbocycles. The SMILES string of the molecule is COc1ccc(CCn2cnc3cc(NC(=NC4C[C@H]5C[C@H]([C@@H]4C)C5(C)C)N4CCN(O)[C@@H](C)C4)ccc3c2=O)c(F)c1. The van der Waals surface area contributed by atoms with Crippen LogP contribution in [0.5, 0.6) is 5.75 Å². The second kappa shape index (κ2) is 11.5. The van der Waals surface area contributed by atoms with Crippen molar-refractivity contribution in [2.75, 3.05) is 32.1 Å². The summed E-state index contributed by atoms with van der Waals surface area (Å²) in [5, 5.41) is 15.7. The molecule has 230 valence electrons. The van der Waals surface area contributed by atoms with Gasteiger partial charge >= 0.3 is 0 Å². The summed E-state index contributed by atoms with van der Waals surface area (Å²) in [5.74, 6) is 2.80. The molecule has 7 rings (SSSR count). The number of aliphatic imine (C=N–C) groups is 1. The van der Waals surface area contributed by atoms with Gasteiger partial charge in [-0.1, -0.05) is 26.8 Å². The van der Waals surface area contributed by atoms with Crippen molar-refractivity contribution in [3.8, 4) is 5.75 Å². The second-order valence-electron chi connectivity index (χ2n) is 13.2. The van der Waals surface area contributed by atoms with Gasteiger partial charge in [-0.15, -0.1) is 0 Å². The summed E-state index contributed by atoms with van der Waals surface area (Å²) >= 11 is 0. The van der Waals surface area contributed by atoms with E-state index in [1.807, 2.05) is 19.1 Å². The van der Waals surface area contributed by atoms with Crippen LogP contribution in [-0.4, -0.2) is 69.5 Å². The number of methoxy groups -OCH3 is 1. The number of piperazine rings is 1. The van der Waals surface area contributed by atoms with Gasteiger partial charge in [0.2, 0.25) is 0 Å². The molecule has 1 aliphatic heterocycles. The van der Waals surface area contributed by atoms with Crippen molar-refractivity contribution in [3.05, 3.63) is 64.5 Å². The van der Waals surface area contributed by atoms with Gasteiger partial charge in [-0.3, -0.25) is 9.36 Å². The number of hydrogen-bond donors (Lipinski definition) is 2. The van der Waals surface area contributed by atoms with Crippen LogP contribution in [0.2, 0.25) is 0 Å². The predicted octanol–water partition coefficient (Wildman–Crippen LogP) is 5.02. The van der Waals surface area contributed by atoms with Crippen LogP contribution in [0.25, 0.3) is 10.9 Å². The topological polar surface area (TPSA) is 95.2 Å². The van der Waals surface area contributed by atoms with Crippen LogP contribution < -0.4 is 15.6 Å². The largest absolute Gasteiger partial charge is 0.497 e. The molecule has 2 heterocycles. The highest BCUT2D eigenvalue weighted by Gasteiger charge is 2.56. The van der Waals surface area contributed by atoms with Gasteiger partial charge < -0.3 is 20.2 Å². The van der Waals surface area contributed by atoms with Crippen molar-refractivity contribution in [2.45, 2.75) is 65.6 Å². The number of benzene rings is 2. The molecule has 2 bridgehead atoms. The lowest BCUT2D eigenvalue weighted by molar-refractivity contribution is -0.142. The quantitative estimate of drug-likeness (QED) is 0.308. The molecule has 4 aliphatic rings. The molecule has 4 fully saturated rings. The smallest absolute Gasteiger partial charge is 0.261 e. The Balaban J connectivity index is 1.23. The molecule has 0 amide bonds. The number of aromatic nitrogens is 2. The summed E-state index contributed by atoms with van der Waals surface area (Å²) in [6, 6.07) is 10.6. The highest BCUT2D eigenvalue weighted by atomic mass is 19.1. The molecule has 0 spiro atoms. The molecular weight excluding hydrogens is 547 g/mol. The minimum absolute atomic E-state index is 0.0139. The molecule has 3 aromatic rings. The van der Waals surface area contributed by atoms with Crippen molar-refractivity contribution in [2.24, 2.45) is 28.2 Å². The Hall–Kier alpha value is -3.50. The number of fused-ring (bicyclic) bond motifs is 3. The van der Waals surface area contributed by atoms with Gasteiger partial charge in [0.25, 0.3) is 5.56 Å². The molecule has 1 aromatic heterocycles. The summed E-state index contributed by atoms with van der Waals surface area (Å²) in [6.45, 7) is 11.3. The predicted molar refractivity (Wildman–Crippen MR) is 166 cm³/mol. The van der Waals surface area contributed by atoms with Gasteiger partial charge in [0.15, 0.2) is 5.96 Å². The fourth-order valence-corrected chi connectivity index (χ4v) is 7.41. The summed E-state index contributed by atoms with van der Waals surface area (Å²) in [5.41, 5.74) is 2.14. The Kier molecular flexibility index (Phi) is 7.93. The van der Waals surface area contributed by atoms with E-state index in [-0.39, 0.29) is 23.5 Å². The number of hydrogen-bond acceptors (Lipinski definition) is 6. The molecule has 0 radical (unpaired) electrons. The fourth-order valence-electron chi connectivity index (χ4n) is 7.41. The first-order chi connectivity index (χ1) is 20.5. The average Bonchev–Trinajstić information content (AvgIpc) is 2.99. The number of halogens is 1. The maximum Gasteiger partial charge on any atom is 0.261 e. The molecular formula is C33H43FN6O3. The Labute approximate surface area is 252 Å². The number of aryl methyl sites for hydroxylation is 2. The lowest BCUT2D eigenvalue weighted by Crippen LogP contribution is -2.57. The third-order valence-corrected chi connectivity index (χ3v) is 10.5. The van der Waals surface area contributed by atoms with Crippen molar-refractivity contribution in [1.29, 1.82) is 0 Å². The zero-order valence-electron chi connectivity index (χ0n) is 25.8. The number of rotatable bonds is 6. The Morgan fingerprint density at radius 2 is 2.00 bits per heavy atom. The highest BCUT2D eigenvalue weighted by molar-refractivity contribution is 5.96. The van der Waals surface area contributed by atoms with E-state index in [1.165, 1.54) is 35.6 Å². The highest BCUT2D eigenvalue weighted by Crippen LogP contribution is 2.61. The minimum atomic E-state index is -0.354. The van der Waals surface area contributed by atoms with E-state index in [4.69, 9.17) is 9.73 Å². The second-order valence-corrected chi connectivity index (χ2v) is 13.2. The Bertz CT molecular complexity index is 1590. The molecule has 10 heteroatoms. The first-order valence-electron chi connectivity index (χ1n) is 15.4. The zero-order valence-corrected chi connectivity index (χ0v) is 25.8. The fraction of sp³-hybridized carbons (Fsp3) is 0.545. The lowest BCUT2D eigenvalue weighted by Gasteiger charge is -2.61. The van der Waals surface area contributed by atoms with E-state index < -0.39 is 0 Å². The van der Waals surface area contributed by atoms with E-state index in [0.717, 1.165) is 18.1 Å².